The van der Waals surface area contributed by atoms with Gasteiger partial charge in [0.2, 0.25) is 5.91 Å². The van der Waals surface area contributed by atoms with E-state index in [0.717, 1.165) is 38.2 Å². The molecule has 1 aromatic carbocycles. The first-order valence-electron chi connectivity index (χ1n) is 7.71. The zero-order valence-electron chi connectivity index (χ0n) is 13.2. The fraction of sp³-hybridized carbons (Fsp3) is 0.588. The fourth-order valence-electron chi connectivity index (χ4n) is 3.00. The summed E-state index contributed by atoms with van der Waals surface area (Å²) in [7, 11) is 0. The molecule has 21 heavy (non-hydrogen) atoms. The quantitative estimate of drug-likeness (QED) is 0.855. The molecule has 2 rings (SSSR count). The average Bonchev–Trinajstić information content (AvgIpc) is 2.64. The summed E-state index contributed by atoms with van der Waals surface area (Å²) in [5, 5.41) is 0. The standard InChI is InChI=1S/C17H25FN2O/c1-13(2)17-12-19(14(3)21)9-4-10-20(17)11-15-5-7-16(18)8-6-15/h5-8,13,17H,4,9-12H2,1-3H3/t17-/m0/s1. The predicted octanol–water partition coefficient (Wildman–Crippen LogP) is 2.90. The lowest BCUT2D eigenvalue weighted by Crippen LogP contribution is -2.45. The van der Waals surface area contributed by atoms with Crippen molar-refractivity contribution in [2.45, 2.75) is 39.8 Å². The van der Waals surface area contributed by atoms with Crippen LogP contribution in [0.25, 0.3) is 0 Å². The van der Waals surface area contributed by atoms with Gasteiger partial charge in [0.05, 0.1) is 0 Å². The molecule has 1 fully saturated rings. The Morgan fingerprint density at radius 3 is 2.52 bits per heavy atom. The van der Waals surface area contributed by atoms with Crippen molar-refractivity contribution in [1.82, 2.24) is 9.80 Å². The second-order valence-corrected chi connectivity index (χ2v) is 6.23. The monoisotopic (exact) mass is 292 g/mol. The first kappa shape index (κ1) is 16.0. The summed E-state index contributed by atoms with van der Waals surface area (Å²) in [5.41, 5.74) is 1.12. The molecule has 1 aliphatic rings. The summed E-state index contributed by atoms with van der Waals surface area (Å²) in [6.45, 7) is 9.45. The number of hydrogen-bond acceptors (Lipinski definition) is 2. The highest BCUT2D eigenvalue weighted by atomic mass is 19.1. The number of rotatable bonds is 3. The van der Waals surface area contributed by atoms with Crippen LogP contribution in [-0.2, 0) is 11.3 Å². The van der Waals surface area contributed by atoms with E-state index in [1.165, 1.54) is 12.1 Å². The molecular weight excluding hydrogens is 267 g/mol. The molecule has 1 heterocycles. The molecule has 116 valence electrons. The molecule has 0 N–H and O–H groups in total. The minimum atomic E-state index is -0.196. The Morgan fingerprint density at radius 1 is 1.29 bits per heavy atom. The van der Waals surface area contributed by atoms with Crippen molar-refractivity contribution in [3.05, 3.63) is 35.6 Å². The Kier molecular flexibility index (Phi) is 5.34. The van der Waals surface area contributed by atoms with Crippen LogP contribution in [0, 0.1) is 11.7 Å². The third-order valence-electron chi connectivity index (χ3n) is 4.26. The topological polar surface area (TPSA) is 23.6 Å². The predicted molar refractivity (Wildman–Crippen MR) is 82.3 cm³/mol. The smallest absolute Gasteiger partial charge is 0.219 e. The highest BCUT2D eigenvalue weighted by Crippen LogP contribution is 2.20. The summed E-state index contributed by atoms with van der Waals surface area (Å²) in [6.07, 6.45) is 0.990. The molecule has 0 bridgehead atoms. The maximum Gasteiger partial charge on any atom is 0.219 e. The van der Waals surface area contributed by atoms with Gasteiger partial charge in [0.15, 0.2) is 0 Å². The lowest BCUT2D eigenvalue weighted by atomic mass is 10.0. The van der Waals surface area contributed by atoms with Crippen LogP contribution < -0.4 is 0 Å². The van der Waals surface area contributed by atoms with Crippen molar-refractivity contribution in [1.29, 1.82) is 0 Å². The molecule has 0 aromatic heterocycles. The van der Waals surface area contributed by atoms with Crippen LogP contribution >= 0.6 is 0 Å². The van der Waals surface area contributed by atoms with Gasteiger partial charge in [-0.2, -0.15) is 0 Å². The van der Waals surface area contributed by atoms with Gasteiger partial charge in [-0.05, 0) is 30.0 Å². The van der Waals surface area contributed by atoms with E-state index >= 15 is 0 Å². The largest absolute Gasteiger partial charge is 0.341 e. The second kappa shape index (κ2) is 7.03. The molecule has 0 spiro atoms. The van der Waals surface area contributed by atoms with E-state index in [1.807, 2.05) is 17.0 Å². The van der Waals surface area contributed by atoms with Crippen molar-refractivity contribution >= 4 is 5.91 Å². The van der Waals surface area contributed by atoms with E-state index in [9.17, 15) is 9.18 Å². The van der Waals surface area contributed by atoms with E-state index in [2.05, 4.69) is 18.7 Å². The molecule has 0 aliphatic carbocycles. The van der Waals surface area contributed by atoms with Gasteiger partial charge in [0.1, 0.15) is 5.82 Å². The lowest BCUT2D eigenvalue weighted by Gasteiger charge is -2.34. The molecule has 0 saturated carbocycles. The van der Waals surface area contributed by atoms with E-state index in [1.54, 1.807) is 6.92 Å². The Bertz CT molecular complexity index is 472. The zero-order chi connectivity index (χ0) is 15.4. The molecule has 1 saturated heterocycles. The van der Waals surface area contributed by atoms with Crippen molar-refractivity contribution in [2.75, 3.05) is 19.6 Å². The molecule has 3 nitrogen and oxygen atoms in total. The Morgan fingerprint density at radius 2 is 1.95 bits per heavy atom. The number of carbonyl (C=O) groups excluding carboxylic acids is 1. The maximum absolute atomic E-state index is 13.0. The summed E-state index contributed by atoms with van der Waals surface area (Å²) in [4.78, 5) is 16.1. The summed E-state index contributed by atoms with van der Waals surface area (Å²) >= 11 is 0. The number of benzene rings is 1. The molecule has 0 unspecified atom stereocenters. The van der Waals surface area contributed by atoms with Gasteiger partial charge >= 0.3 is 0 Å². The Labute approximate surface area is 126 Å². The van der Waals surface area contributed by atoms with E-state index < -0.39 is 0 Å². The highest BCUT2D eigenvalue weighted by molar-refractivity contribution is 5.73. The first-order chi connectivity index (χ1) is 9.97. The van der Waals surface area contributed by atoms with Crippen molar-refractivity contribution in [2.24, 2.45) is 5.92 Å². The third kappa shape index (κ3) is 4.27. The van der Waals surface area contributed by atoms with Crippen LogP contribution in [0.4, 0.5) is 4.39 Å². The van der Waals surface area contributed by atoms with Crippen LogP contribution in [-0.4, -0.2) is 41.4 Å². The number of nitrogens with zero attached hydrogens (tertiary/aromatic N) is 2. The maximum atomic E-state index is 13.0. The van der Waals surface area contributed by atoms with E-state index in [-0.39, 0.29) is 11.7 Å². The zero-order valence-corrected chi connectivity index (χ0v) is 13.2. The Balaban J connectivity index is 2.12. The average molecular weight is 292 g/mol. The molecular formula is C17H25FN2O. The third-order valence-corrected chi connectivity index (χ3v) is 4.26. The Hall–Kier alpha value is -1.42. The minimum Gasteiger partial charge on any atom is -0.341 e. The van der Waals surface area contributed by atoms with Gasteiger partial charge in [-0.15, -0.1) is 0 Å². The number of halogens is 1. The summed E-state index contributed by atoms with van der Waals surface area (Å²) < 4.78 is 13.0. The van der Waals surface area contributed by atoms with Gasteiger partial charge in [-0.3, -0.25) is 9.69 Å². The van der Waals surface area contributed by atoms with Gasteiger partial charge < -0.3 is 4.90 Å². The normalized spacial score (nSPS) is 20.6. The van der Waals surface area contributed by atoms with E-state index in [4.69, 9.17) is 0 Å². The van der Waals surface area contributed by atoms with Gasteiger partial charge in [-0.25, -0.2) is 4.39 Å². The molecule has 1 atom stereocenters. The van der Waals surface area contributed by atoms with Crippen LogP contribution in [0.5, 0.6) is 0 Å². The number of hydrogen-bond donors (Lipinski definition) is 0. The SMILES string of the molecule is CC(=O)N1CCCN(Cc2ccc(F)cc2)[C@H](C(C)C)C1. The molecule has 1 amide bonds. The van der Waals surface area contributed by atoms with Crippen molar-refractivity contribution in [3.63, 3.8) is 0 Å². The van der Waals surface area contributed by atoms with Gasteiger partial charge in [-0.1, -0.05) is 26.0 Å². The molecule has 1 aliphatic heterocycles. The fourth-order valence-corrected chi connectivity index (χ4v) is 3.00. The van der Waals surface area contributed by atoms with Crippen LogP contribution in [0.2, 0.25) is 0 Å². The lowest BCUT2D eigenvalue weighted by molar-refractivity contribution is -0.129. The van der Waals surface area contributed by atoms with Crippen LogP contribution in [0.15, 0.2) is 24.3 Å². The van der Waals surface area contributed by atoms with Crippen molar-refractivity contribution in [3.8, 4) is 0 Å². The van der Waals surface area contributed by atoms with Gasteiger partial charge in [0.25, 0.3) is 0 Å². The van der Waals surface area contributed by atoms with Gasteiger partial charge in [0, 0.05) is 39.1 Å². The summed E-state index contributed by atoms with van der Waals surface area (Å²) in [5.74, 6) is 0.437. The highest BCUT2D eigenvalue weighted by Gasteiger charge is 2.28. The second-order valence-electron chi connectivity index (χ2n) is 6.23. The minimum absolute atomic E-state index is 0.157. The molecule has 1 aromatic rings. The first-order valence-corrected chi connectivity index (χ1v) is 7.71. The molecule has 0 radical (unpaired) electrons. The van der Waals surface area contributed by atoms with Crippen molar-refractivity contribution < 1.29 is 9.18 Å². The van der Waals surface area contributed by atoms with E-state index in [0.29, 0.717) is 12.0 Å². The number of carbonyl (C=O) groups is 1. The molecule has 4 heteroatoms. The van der Waals surface area contributed by atoms with Crippen LogP contribution in [0.3, 0.4) is 0 Å². The number of amides is 1. The summed E-state index contributed by atoms with van der Waals surface area (Å²) in [6, 6.07) is 7.07. The van der Waals surface area contributed by atoms with Crippen LogP contribution in [0.1, 0.15) is 32.8 Å².